The summed E-state index contributed by atoms with van der Waals surface area (Å²) in [5.74, 6) is -0.0783. The van der Waals surface area contributed by atoms with Gasteiger partial charge < -0.3 is 15.4 Å². The van der Waals surface area contributed by atoms with Crippen molar-refractivity contribution in [1.82, 2.24) is 5.32 Å². The number of nitro benzene ring substituents is 1. The smallest absolute Gasteiger partial charge is 0.271 e. The number of amides is 1. The number of carbonyl (C=O) groups is 1. The van der Waals surface area contributed by atoms with Gasteiger partial charge in [0.1, 0.15) is 5.75 Å². The number of nitrogens with zero attached hydrogens (tertiary/aromatic N) is 1. The molecular formula is C12H15N3O4S. The number of methoxy groups -OCH3 is 1. The van der Waals surface area contributed by atoms with Crippen molar-refractivity contribution in [3.63, 3.8) is 0 Å². The number of rotatable bonds is 4. The zero-order valence-electron chi connectivity index (χ0n) is 11.3. The molecule has 0 saturated heterocycles. The van der Waals surface area contributed by atoms with Crippen molar-refractivity contribution in [3.8, 4) is 5.75 Å². The third kappa shape index (κ3) is 4.16. The Morgan fingerprint density at radius 2 is 2.10 bits per heavy atom. The van der Waals surface area contributed by atoms with E-state index in [-0.39, 0.29) is 22.6 Å². The number of anilines is 1. The van der Waals surface area contributed by atoms with E-state index in [9.17, 15) is 14.9 Å². The molecule has 2 N–H and O–H groups in total. The molecule has 0 aliphatic heterocycles. The zero-order chi connectivity index (χ0) is 15.3. The van der Waals surface area contributed by atoms with Crippen molar-refractivity contribution in [2.24, 2.45) is 5.92 Å². The van der Waals surface area contributed by atoms with Gasteiger partial charge in [-0.25, -0.2) is 0 Å². The number of non-ortho nitro benzene ring substituents is 1. The fourth-order valence-corrected chi connectivity index (χ4v) is 1.53. The van der Waals surface area contributed by atoms with Crippen LogP contribution >= 0.6 is 12.2 Å². The number of benzene rings is 1. The van der Waals surface area contributed by atoms with Gasteiger partial charge in [0, 0.05) is 18.1 Å². The first-order chi connectivity index (χ1) is 9.35. The summed E-state index contributed by atoms with van der Waals surface area (Å²) in [5, 5.41) is 16.0. The van der Waals surface area contributed by atoms with E-state index in [4.69, 9.17) is 17.0 Å². The number of ether oxygens (including phenoxy) is 1. The summed E-state index contributed by atoms with van der Waals surface area (Å²) >= 11 is 4.98. The summed E-state index contributed by atoms with van der Waals surface area (Å²) < 4.78 is 5.08. The first kappa shape index (κ1) is 15.8. The van der Waals surface area contributed by atoms with E-state index in [1.807, 2.05) is 0 Å². The molecule has 0 spiro atoms. The van der Waals surface area contributed by atoms with E-state index in [2.05, 4.69) is 10.6 Å². The Balaban J connectivity index is 2.89. The van der Waals surface area contributed by atoms with Crippen molar-refractivity contribution in [2.45, 2.75) is 13.8 Å². The normalized spacial score (nSPS) is 10.0. The van der Waals surface area contributed by atoms with Crippen molar-refractivity contribution in [1.29, 1.82) is 0 Å². The predicted molar refractivity (Wildman–Crippen MR) is 78.8 cm³/mol. The van der Waals surface area contributed by atoms with Gasteiger partial charge in [0.2, 0.25) is 5.91 Å². The largest absolute Gasteiger partial charge is 0.495 e. The molecule has 0 atom stereocenters. The molecule has 7 nitrogen and oxygen atoms in total. The Kier molecular flexibility index (Phi) is 5.39. The van der Waals surface area contributed by atoms with E-state index in [1.54, 1.807) is 13.8 Å². The molecule has 0 aliphatic rings. The summed E-state index contributed by atoms with van der Waals surface area (Å²) in [7, 11) is 1.43. The maximum atomic E-state index is 11.5. The molecule has 0 unspecified atom stereocenters. The Bertz CT molecular complexity index is 546. The lowest BCUT2D eigenvalue weighted by molar-refractivity contribution is -0.384. The molecule has 0 fully saturated rings. The lowest BCUT2D eigenvalue weighted by atomic mass is 10.2. The molecule has 0 aromatic heterocycles. The lowest BCUT2D eigenvalue weighted by Crippen LogP contribution is -2.36. The van der Waals surface area contributed by atoms with Crippen LogP contribution in [0.25, 0.3) is 0 Å². The summed E-state index contributed by atoms with van der Waals surface area (Å²) in [6, 6.07) is 4.06. The number of nitrogens with one attached hydrogen (secondary N) is 2. The van der Waals surface area contributed by atoms with Crippen LogP contribution in [-0.2, 0) is 4.79 Å². The second-order valence-electron chi connectivity index (χ2n) is 4.24. The number of nitro groups is 1. The van der Waals surface area contributed by atoms with Crippen LogP contribution in [0.2, 0.25) is 0 Å². The van der Waals surface area contributed by atoms with Gasteiger partial charge >= 0.3 is 0 Å². The van der Waals surface area contributed by atoms with Gasteiger partial charge in [0.25, 0.3) is 5.69 Å². The second-order valence-corrected chi connectivity index (χ2v) is 4.65. The molecule has 1 aromatic rings. The average molecular weight is 297 g/mol. The zero-order valence-corrected chi connectivity index (χ0v) is 12.1. The average Bonchev–Trinajstić information content (AvgIpc) is 2.38. The molecular weight excluding hydrogens is 282 g/mol. The molecule has 0 saturated carbocycles. The summed E-state index contributed by atoms with van der Waals surface area (Å²) in [4.78, 5) is 21.7. The van der Waals surface area contributed by atoms with Gasteiger partial charge in [0.05, 0.1) is 17.7 Å². The SMILES string of the molecule is COc1ccc([N+](=O)[O-])cc1NC(=S)NC(=O)C(C)C. The lowest BCUT2D eigenvalue weighted by Gasteiger charge is -2.13. The van der Waals surface area contributed by atoms with E-state index in [1.165, 1.54) is 25.3 Å². The summed E-state index contributed by atoms with van der Waals surface area (Å²) in [5.41, 5.74) is 0.210. The highest BCUT2D eigenvalue weighted by molar-refractivity contribution is 7.80. The van der Waals surface area contributed by atoms with E-state index in [0.717, 1.165) is 0 Å². The third-order valence-electron chi connectivity index (χ3n) is 2.40. The van der Waals surface area contributed by atoms with Crippen LogP contribution in [0.15, 0.2) is 18.2 Å². The quantitative estimate of drug-likeness (QED) is 0.502. The number of carbonyl (C=O) groups excluding carboxylic acids is 1. The minimum absolute atomic E-state index is 0.0579. The Morgan fingerprint density at radius 1 is 1.45 bits per heavy atom. The fraction of sp³-hybridized carbons (Fsp3) is 0.333. The third-order valence-corrected chi connectivity index (χ3v) is 2.61. The molecule has 1 rings (SSSR count). The molecule has 1 aromatic carbocycles. The molecule has 0 radical (unpaired) electrons. The molecule has 0 heterocycles. The Labute approximate surface area is 121 Å². The molecule has 8 heteroatoms. The molecule has 108 valence electrons. The van der Waals surface area contributed by atoms with Gasteiger partial charge in [-0.05, 0) is 18.3 Å². The highest BCUT2D eigenvalue weighted by Crippen LogP contribution is 2.28. The first-order valence-corrected chi connectivity index (χ1v) is 6.20. The summed E-state index contributed by atoms with van der Waals surface area (Å²) in [6.07, 6.45) is 0. The maximum absolute atomic E-state index is 11.5. The van der Waals surface area contributed by atoms with Crippen molar-refractivity contribution in [3.05, 3.63) is 28.3 Å². The van der Waals surface area contributed by atoms with Crippen molar-refractivity contribution < 1.29 is 14.5 Å². The van der Waals surface area contributed by atoms with Gasteiger partial charge in [-0.15, -0.1) is 0 Å². The van der Waals surface area contributed by atoms with Gasteiger partial charge in [-0.3, -0.25) is 14.9 Å². The van der Waals surface area contributed by atoms with Crippen molar-refractivity contribution >= 4 is 34.6 Å². The summed E-state index contributed by atoms with van der Waals surface area (Å²) in [6.45, 7) is 3.46. The monoisotopic (exact) mass is 297 g/mol. The molecule has 0 aliphatic carbocycles. The molecule has 0 bridgehead atoms. The number of hydrogen-bond donors (Lipinski definition) is 2. The minimum atomic E-state index is -0.527. The van der Waals surface area contributed by atoms with Crippen LogP contribution in [0.4, 0.5) is 11.4 Å². The number of hydrogen-bond acceptors (Lipinski definition) is 5. The van der Waals surface area contributed by atoms with Crippen LogP contribution in [0.5, 0.6) is 5.75 Å². The number of thiocarbonyl (C=S) groups is 1. The van der Waals surface area contributed by atoms with Gasteiger partial charge in [-0.2, -0.15) is 0 Å². The van der Waals surface area contributed by atoms with Crippen LogP contribution in [-0.4, -0.2) is 23.1 Å². The topological polar surface area (TPSA) is 93.5 Å². The van der Waals surface area contributed by atoms with Crippen LogP contribution in [0.3, 0.4) is 0 Å². The highest BCUT2D eigenvalue weighted by Gasteiger charge is 2.14. The Hall–Kier alpha value is -2.22. The van der Waals surface area contributed by atoms with E-state index < -0.39 is 4.92 Å². The highest BCUT2D eigenvalue weighted by atomic mass is 32.1. The Morgan fingerprint density at radius 3 is 2.60 bits per heavy atom. The second kappa shape index (κ2) is 6.80. The van der Waals surface area contributed by atoms with Crippen molar-refractivity contribution in [2.75, 3.05) is 12.4 Å². The van der Waals surface area contributed by atoms with E-state index in [0.29, 0.717) is 11.4 Å². The van der Waals surface area contributed by atoms with E-state index >= 15 is 0 Å². The molecule has 20 heavy (non-hydrogen) atoms. The van der Waals surface area contributed by atoms with Crippen LogP contribution < -0.4 is 15.4 Å². The predicted octanol–water partition coefficient (Wildman–Crippen LogP) is 2.07. The first-order valence-electron chi connectivity index (χ1n) is 5.79. The standard InChI is InChI=1S/C12H15N3O4S/c1-7(2)11(16)14-12(20)13-9-6-8(15(17)18)4-5-10(9)19-3/h4-7H,1-3H3,(H2,13,14,16,20). The minimum Gasteiger partial charge on any atom is -0.495 e. The van der Waals surface area contributed by atoms with Crippen LogP contribution in [0, 0.1) is 16.0 Å². The van der Waals surface area contributed by atoms with Crippen LogP contribution in [0.1, 0.15) is 13.8 Å². The fourth-order valence-electron chi connectivity index (χ4n) is 1.32. The van der Waals surface area contributed by atoms with Gasteiger partial charge in [0.15, 0.2) is 5.11 Å². The maximum Gasteiger partial charge on any atom is 0.271 e. The van der Waals surface area contributed by atoms with Gasteiger partial charge in [-0.1, -0.05) is 13.8 Å². The molecule has 1 amide bonds.